The van der Waals surface area contributed by atoms with Gasteiger partial charge in [0.15, 0.2) is 0 Å². The minimum atomic E-state index is -4.11. The zero-order chi connectivity index (χ0) is 23.2. The van der Waals surface area contributed by atoms with Crippen molar-refractivity contribution >= 4 is 21.9 Å². The van der Waals surface area contributed by atoms with E-state index in [4.69, 9.17) is 0 Å². The summed E-state index contributed by atoms with van der Waals surface area (Å²) in [7, 11) is -4.11. The van der Waals surface area contributed by atoms with Crippen LogP contribution in [0, 0.1) is 0 Å². The monoisotopic (exact) mass is 458 g/mol. The summed E-state index contributed by atoms with van der Waals surface area (Å²) in [5.41, 5.74) is 3.62. The van der Waals surface area contributed by atoms with Gasteiger partial charge in [-0.15, -0.1) is 0 Å². The first-order valence-corrected chi connectivity index (χ1v) is 13.3. The molecule has 0 amide bonds. The molecular formula is C26H38N2O3S. The summed E-state index contributed by atoms with van der Waals surface area (Å²) in [6.07, 6.45) is 19.7. The van der Waals surface area contributed by atoms with Gasteiger partial charge in [-0.2, -0.15) is 0 Å². The Labute approximate surface area is 194 Å². The molecule has 1 atom stereocenters. The molecule has 2 rings (SSSR count). The highest BCUT2D eigenvalue weighted by Gasteiger charge is 2.08. The summed E-state index contributed by atoms with van der Waals surface area (Å²) in [6, 6.07) is 8.79. The number of anilines is 1. The summed E-state index contributed by atoms with van der Waals surface area (Å²) >= 11 is 0. The Kier molecular flexibility index (Phi) is 11.5. The Balaban J connectivity index is 1.81. The highest BCUT2D eigenvalue weighted by molar-refractivity contribution is 7.85. The number of quaternary nitrogens is 1. The van der Waals surface area contributed by atoms with Crippen LogP contribution in [-0.4, -0.2) is 44.9 Å². The Morgan fingerprint density at radius 2 is 1.66 bits per heavy atom. The molecule has 1 aromatic carbocycles. The average molecular weight is 459 g/mol. The van der Waals surface area contributed by atoms with Gasteiger partial charge in [-0.25, -0.2) is 8.42 Å². The zero-order valence-corrected chi connectivity index (χ0v) is 20.3. The normalized spacial score (nSPS) is 16.7. The fourth-order valence-corrected chi connectivity index (χ4v) is 4.08. The molecule has 1 aliphatic heterocycles. The molecule has 1 unspecified atom stereocenters. The van der Waals surface area contributed by atoms with E-state index in [0.717, 1.165) is 30.1 Å². The van der Waals surface area contributed by atoms with Crippen molar-refractivity contribution in [1.82, 2.24) is 0 Å². The molecule has 1 aromatic rings. The molecule has 0 saturated carbocycles. The van der Waals surface area contributed by atoms with Gasteiger partial charge in [0, 0.05) is 31.0 Å². The number of benzene rings is 1. The van der Waals surface area contributed by atoms with Crippen LogP contribution >= 0.6 is 0 Å². The van der Waals surface area contributed by atoms with Crippen molar-refractivity contribution in [2.24, 2.45) is 0 Å². The molecule has 32 heavy (non-hydrogen) atoms. The lowest BCUT2D eigenvalue weighted by molar-refractivity contribution is -0.841. The first-order valence-electron chi connectivity index (χ1n) is 11.8. The van der Waals surface area contributed by atoms with Crippen LogP contribution < -0.4 is 9.80 Å². The molecule has 176 valence electrons. The second-order valence-electron chi connectivity index (χ2n) is 8.27. The standard InChI is InChI=1S/C26H38N2O3S/c1-3-5-19-28(20-6-4-2)26-14-12-24(13-15-26)10-7-8-11-25-16-21-27(22-17-25)18-9-23-32(29,30)31/h7-8,10-17,21H,3-6,9,18-20,22-23H2,1-2H3,(H,29,30,31)/b10-7+,11-8+. The van der Waals surface area contributed by atoms with E-state index in [-0.39, 0.29) is 5.75 Å². The van der Waals surface area contributed by atoms with E-state index < -0.39 is 10.1 Å². The van der Waals surface area contributed by atoms with Crippen LogP contribution in [0.25, 0.3) is 6.08 Å². The molecule has 0 radical (unpaired) electrons. The highest BCUT2D eigenvalue weighted by atomic mass is 32.2. The van der Waals surface area contributed by atoms with Crippen molar-refractivity contribution < 1.29 is 17.9 Å². The van der Waals surface area contributed by atoms with Crippen LogP contribution in [-0.2, 0) is 10.1 Å². The predicted molar refractivity (Wildman–Crippen MR) is 134 cm³/mol. The summed E-state index contributed by atoms with van der Waals surface area (Å²) in [6.45, 7) is 8.16. The second-order valence-corrected chi connectivity index (χ2v) is 9.79. The van der Waals surface area contributed by atoms with Crippen LogP contribution in [0.2, 0.25) is 0 Å². The Morgan fingerprint density at radius 1 is 1.00 bits per heavy atom. The number of nitrogens with one attached hydrogen (secondary N) is 1. The lowest BCUT2D eigenvalue weighted by Gasteiger charge is -2.24. The number of unbranched alkanes of at least 4 members (excludes halogenated alkanes) is 2. The molecule has 0 bridgehead atoms. The lowest BCUT2D eigenvalue weighted by Crippen LogP contribution is -3.07. The summed E-state index contributed by atoms with van der Waals surface area (Å²) in [5, 5.41) is 0. The van der Waals surface area contributed by atoms with Gasteiger partial charge in [-0.1, -0.05) is 63.1 Å². The topological polar surface area (TPSA) is 64.9 Å². The molecule has 1 N–H and O–H groups in total. The SMILES string of the molecule is CCCCN(CCCC)c1ccc(/C=C/C=C/C2=CC[NH+](CCCS(=O)(=O)[O-])C=C2)cc1. The minimum Gasteiger partial charge on any atom is -0.748 e. The van der Waals surface area contributed by atoms with Crippen LogP contribution in [0.1, 0.15) is 51.5 Å². The smallest absolute Gasteiger partial charge is 0.101 e. The maximum absolute atomic E-state index is 10.7. The van der Waals surface area contributed by atoms with Gasteiger partial charge in [0.1, 0.15) is 6.54 Å². The third kappa shape index (κ3) is 10.4. The zero-order valence-electron chi connectivity index (χ0n) is 19.5. The van der Waals surface area contributed by atoms with Gasteiger partial charge < -0.3 is 14.4 Å². The van der Waals surface area contributed by atoms with Crippen molar-refractivity contribution in [1.29, 1.82) is 0 Å². The largest absolute Gasteiger partial charge is 0.748 e. The van der Waals surface area contributed by atoms with Crippen molar-refractivity contribution in [2.75, 3.05) is 36.8 Å². The van der Waals surface area contributed by atoms with E-state index in [2.05, 4.69) is 61.2 Å². The minimum absolute atomic E-state index is 0.290. The Bertz CT molecular complexity index is 892. The van der Waals surface area contributed by atoms with Gasteiger partial charge in [0.25, 0.3) is 0 Å². The lowest BCUT2D eigenvalue weighted by atomic mass is 10.1. The third-order valence-corrected chi connectivity index (χ3v) is 6.30. The van der Waals surface area contributed by atoms with E-state index in [0.29, 0.717) is 13.0 Å². The van der Waals surface area contributed by atoms with Gasteiger partial charge in [0.05, 0.1) is 22.9 Å². The number of hydrogen-bond donors (Lipinski definition) is 1. The molecule has 0 spiro atoms. The van der Waals surface area contributed by atoms with Crippen LogP contribution in [0.5, 0.6) is 0 Å². The molecule has 0 aliphatic carbocycles. The van der Waals surface area contributed by atoms with Crippen LogP contribution in [0.3, 0.4) is 0 Å². The van der Waals surface area contributed by atoms with E-state index in [1.807, 2.05) is 24.4 Å². The molecule has 1 aliphatic rings. The molecular weight excluding hydrogens is 420 g/mol. The predicted octanol–water partition coefficient (Wildman–Crippen LogP) is 3.94. The van der Waals surface area contributed by atoms with E-state index in [1.54, 1.807) is 0 Å². The average Bonchev–Trinajstić information content (AvgIpc) is 2.77. The van der Waals surface area contributed by atoms with Gasteiger partial charge in [-0.05, 0) is 48.3 Å². The fraction of sp³-hybridized carbons (Fsp3) is 0.462. The Morgan fingerprint density at radius 3 is 2.22 bits per heavy atom. The van der Waals surface area contributed by atoms with E-state index >= 15 is 0 Å². The van der Waals surface area contributed by atoms with Crippen molar-refractivity contribution in [2.45, 2.75) is 46.0 Å². The fourth-order valence-electron chi connectivity index (χ4n) is 3.58. The first kappa shape index (κ1) is 26.1. The van der Waals surface area contributed by atoms with Crippen molar-refractivity contribution in [3.05, 3.63) is 72.0 Å². The van der Waals surface area contributed by atoms with Crippen molar-refractivity contribution in [3.8, 4) is 0 Å². The van der Waals surface area contributed by atoms with Crippen molar-refractivity contribution in [3.63, 3.8) is 0 Å². The molecule has 5 nitrogen and oxygen atoms in total. The van der Waals surface area contributed by atoms with E-state index in [1.165, 1.54) is 36.9 Å². The maximum Gasteiger partial charge on any atom is 0.101 e. The molecule has 1 heterocycles. The first-order chi connectivity index (χ1) is 15.4. The summed E-state index contributed by atoms with van der Waals surface area (Å²) in [4.78, 5) is 3.65. The van der Waals surface area contributed by atoms with Gasteiger partial charge in [-0.3, -0.25) is 0 Å². The quantitative estimate of drug-likeness (QED) is 0.339. The second kappa shape index (κ2) is 14.1. The van der Waals surface area contributed by atoms with Gasteiger partial charge >= 0.3 is 0 Å². The third-order valence-electron chi connectivity index (χ3n) is 5.51. The highest BCUT2D eigenvalue weighted by Crippen LogP contribution is 2.18. The Hall–Kier alpha value is -2.15. The molecule has 6 heteroatoms. The van der Waals surface area contributed by atoms with Crippen LogP contribution in [0.4, 0.5) is 5.69 Å². The number of nitrogens with zero attached hydrogens (tertiary/aromatic N) is 1. The summed E-state index contributed by atoms with van der Waals surface area (Å²) < 4.78 is 32.1. The number of hydrogen-bond acceptors (Lipinski definition) is 4. The van der Waals surface area contributed by atoms with Crippen LogP contribution in [0.15, 0.2) is 66.4 Å². The van der Waals surface area contributed by atoms with E-state index in [9.17, 15) is 13.0 Å². The molecule has 0 aromatic heterocycles. The molecule has 0 fully saturated rings. The van der Waals surface area contributed by atoms with Gasteiger partial charge in [0.2, 0.25) is 0 Å². The maximum atomic E-state index is 10.7. The number of rotatable bonds is 14. The summed E-state index contributed by atoms with van der Waals surface area (Å²) in [5.74, 6) is -0.290. The number of allylic oxidation sites excluding steroid dienone is 5. The molecule has 0 saturated heterocycles.